The van der Waals surface area contributed by atoms with Crippen molar-refractivity contribution < 1.29 is 0 Å². The lowest BCUT2D eigenvalue weighted by Crippen LogP contribution is -1.90. The topological polar surface area (TPSA) is 62.7 Å². The van der Waals surface area contributed by atoms with Gasteiger partial charge < -0.3 is 5.73 Å². The molecule has 4 heteroatoms. The minimum absolute atomic E-state index is 0.184. The van der Waals surface area contributed by atoms with Gasteiger partial charge in [-0.2, -0.15) is 5.26 Å². The van der Waals surface area contributed by atoms with E-state index in [9.17, 15) is 0 Å². The van der Waals surface area contributed by atoms with E-state index in [0.29, 0.717) is 11.4 Å². The van der Waals surface area contributed by atoms with Crippen LogP contribution in [-0.4, -0.2) is 4.98 Å². The van der Waals surface area contributed by atoms with Crippen LogP contribution in [0.5, 0.6) is 0 Å². The maximum Gasteiger partial charge on any atom is 0.153 e. The number of pyridine rings is 1. The molecular formula is C9H6ClN3. The van der Waals surface area contributed by atoms with E-state index < -0.39 is 0 Å². The minimum Gasteiger partial charge on any atom is -0.396 e. The first-order valence-corrected chi connectivity index (χ1v) is 3.89. The Morgan fingerprint density at radius 2 is 2.31 bits per heavy atom. The van der Waals surface area contributed by atoms with E-state index in [1.54, 1.807) is 12.1 Å². The molecule has 0 amide bonds. The van der Waals surface area contributed by atoms with Crippen molar-refractivity contribution in [3.05, 3.63) is 23.0 Å². The number of aromatic nitrogens is 1. The quantitative estimate of drug-likeness (QED) is 0.500. The van der Waals surface area contributed by atoms with Crippen LogP contribution in [0.1, 0.15) is 12.1 Å². The predicted octanol–water partition coefficient (Wildman–Crippen LogP) is 1.58. The fourth-order valence-corrected chi connectivity index (χ4v) is 0.843. The molecule has 2 N–H and O–H groups in total. The third-order valence-electron chi connectivity index (χ3n) is 1.26. The Kier molecular flexibility index (Phi) is 3.14. The van der Waals surface area contributed by atoms with Crippen LogP contribution in [0.3, 0.4) is 0 Å². The van der Waals surface area contributed by atoms with Gasteiger partial charge in [0, 0.05) is 0 Å². The Bertz CT molecular complexity index is 409. The number of anilines is 1. The zero-order valence-electron chi connectivity index (χ0n) is 6.71. The van der Waals surface area contributed by atoms with Crippen molar-refractivity contribution in [1.82, 2.24) is 4.98 Å². The Hall–Kier alpha value is -1.71. The summed E-state index contributed by atoms with van der Waals surface area (Å²) >= 11 is 5.66. The summed E-state index contributed by atoms with van der Waals surface area (Å²) in [5.41, 5.74) is 6.39. The molecule has 0 saturated heterocycles. The Morgan fingerprint density at radius 1 is 1.54 bits per heavy atom. The van der Waals surface area contributed by atoms with Gasteiger partial charge in [0.15, 0.2) is 5.15 Å². The lowest BCUT2D eigenvalue weighted by Gasteiger charge is -1.95. The van der Waals surface area contributed by atoms with Gasteiger partial charge in [-0.15, -0.1) is 0 Å². The molecule has 0 atom stereocenters. The summed E-state index contributed by atoms with van der Waals surface area (Å²) < 4.78 is 0. The van der Waals surface area contributed by atoms with Crippen LogP contribution in [0.4, 0.5) is 5.69 Å². The molecule has 1 aromatic rings. The number of hydrogen-bond acceptors (Lipinski definition) is 3. The summed E-state index contributed by atoms with van der Waals surface area (Å²) in [6.45, 7) is 0. The predicted molar refractivity (Wildman–Crippen MR) is 50.8 cm³/mol. The molecule has 0 unspecified atom stereocenters. The van der Waals surface area contributed by atoms with Crippen LogP contribution in [0.25, 0.3) is 0 Å². The molecule has 13 heavy (non-hydrogen) atoms. The van der Waals surface area contributed by atoms with Gasteiger partial charge in [0.2, 0.25) is 0 Å². The highest BCUT2D eigenvalue weighted by atomic mass is 35.5. The third kappa shape index (κ3) is 2.66. The number of nitrogens with two attached hydrogens (primary N) is 1. The average Bonchev–Trinajstić information content (AvgIpc) is 2.12. The Morgan fingerprint density at radius 3 is 2.92 bits per heavy atom. The molecule has 1 rings (SSSR count). The SMILES string of the molecule is N#CCC#Cc1ccc(N)c(Cl)n1. The second-order valence-corrected chi connectivity index (χ2v) is 2.57. The zero-order chi connectivity index (χ0) is 9.68. The normalized spacial score (nSPS) is 8.31. The van der Waals surface area contributed by atoms with Crippen LogP contribution in [0.2, 0.25) is 5.15 Å². The van der Waals surface area contributed by atoms with Crippen LogP contribution < -0.4 is 5.73 Å². The van der Waals surface area contributed by atoms with E-state index in [-0.39, 0.29) is 11.6 Å². The lowest BCUT2D eigenvalue weighted by molar-refractivity contribution is 1.29. The Labute approximate surface area is 81.1 Å². The molecule has 1 heterocycles. The van der Waals surface area contributed by atoms with Crippen molar-refractivity contribution in [3.63, 3.8) is 0 Å². The largest absolute Gasteiger partial charge is 0.396 e. The fourth-order valence-electron chi connectivity index (χ4n) is 0.689. The molecule has 0 aliphatic heterocycles. The second-order valence-electron chi connectivity index (χ2n) is 2.21. The van der Waals surface area contributed by atoms with E-state index in [1.165, 1.54) is 0 Å². The minimum atomic E-state index is 0.184. The van der Waals surface area contributed by atoms with Crippen LogP contribution in [0, 0.1) is 23.2 Å². The van der Waals surface area contributed by atoms with Gasteiger partial charge in [0.1, 0.15) is 5.69 Å². The van der Waals surface area contributed by atoms with Crippen molar-refractivity contribution in [2.24, 2.45) is 0 Å². The first-order chi connectivity index (χ1) is 6.24. The molecule has 1 aromatic heterocycles. The molecule has 0 spiro atoms. The number of nitrogen functional groups attached to an aromatic ring is 1. The molecule has 0 aromatic carbocycles. The summed E-state index contributed by atoms with van der Waals surface area (Å²) in [6.07, 6.45) is 0.184. The van der Waals surface area contributed by atoms with Crippen LogP contribution in [-0.2, 0) is 0 Å². The van der Waals surface area contributed by atoms with Gasteiger partial charge >= 0.3 is 0 Å². The summed E-state index contributed by atoms with van der Waals surface area (Å²) in [5, 5.41) is 8.46. The maximum absolute atomic E-state index is 8.22. The highest BCUT2D eigenvalue weighted by molar-refractivity contribution is 6.31. The van der Waals surface area contributed by atoms with E-state index in [0.717, 1.165) is 0 Å². The van der Waals surface area contributed by atoms with Crippen molar-refractivity contribution in [2.45, 2.75) is 6.42 Å². The number of nitriles is 1. The van der Waals surface area contributed by atoms with Gasteiger partial charge in [-0.25, -0.2) is 4.98 Å². The number of halogens is 1. The number of rotatable bonds is 0. The molecule has 64 valence electrons. The molecule has 0 aliphatic rings. The first-order valence-electron chi connectivity index (χ1n) is 3.52. The van der Waals surface area contributed by atoms with E-state index in [1.807, 2.05) is 6.07 Å². The van der Waals surface area contributed by atoms with Gasteiger partial charge in [0.25, 0.3) is 0 Å². The van der Waals surface area contributed by atoms with E-state index in [4.69, 9.17) is 22.6 Å². The van der Waals surface area contributed by atoms with Crippen molar-refractivity contribution in [3.8, 4) is 17.9 Å². The molecule has 0 aliphatic carbocycles. The van der Waals surface area contributed by atoms with Crippen molar-refractivity contribution in [2.75, 3.05) is 5.73 Å². The third-order valence-corrected chi connectivity index (χ3v) is 1.56. The number of nitrogens with zero attached hydrogens (tertiary/aromatic N) is 2. The smallest absolute Gasteiger partial charge is 0.153 e. The zero-order valence-corrected chi connectivity index (χ0v) is 7.47. The molecule has 3 nitrogen and oxygen atoms in total. The van der Waals surface area contributed by atoms with Crippen molar-refractivity contribution >= 4 is 17.3 Å². The van der Waals surface area contributed by atoms with Gasteiger partial charge in [-0.1, -0.05) is 17.5 Å². The molecule has 0 bridgehead atoms. The van der Waals surface area contributed by atoms with Crippen LogP contribution >= 0.6 is 11.6 Å². The van der Waals surface area contributed by atoms with Crippen molar-refractivity contribution in [1.29, 1.82) is 5.26 Å². The maximum atomic E-state index is 8.22. The van der Waals surface area contributed by atoms with Gasteiger partial charge in [-0.05, 0) is 18.1 Å². The fraction of sp³-hybridized carbons (Fsp3) is 0.111. The summed E-state index contributed by atoms with van der Waals surface area (Å²) in [5.74, 6) is 5.31. The summed E-state index contributed by atoms with van der Waals surface area (Å²) in [6, 6.07) is 5.19. The van der Waals surface area contributed by atoms with E-state index in [2.05, 4.69) is 16.8 Å². The van der Waals surface area contributed by atoms with Gasteiger partial charge in [-0.3, -0.25) is 0 Å². The number of hydrogen-bond donors (Lipinski definition) is 1. The van der Waals surface area contributed by atoms with E-state index >= 15 is 0 Å². The van der Waals surface area contributed by atoms with Crippen LogP contribution in [0.15, 0.2) is 12.1 Å². The molecule has 0 radical (unpaired) electrons. The first kappa shape index (κ1) is 9.38. The monoisotopic (exact) mass is 191 g/mol. The molecule has 0 saturated carbocycles. The summed E-state index contributed by atoms with van der Waals surface area (Å²) in [4.78, 5) is 3.90. The average molecular weight is 192 g/mol. The van der Waals surface area contributed by atoms with Gasteiger partial charge in [0.05, 0.1) is 18.2 Å². The molecule has 0 fully saturated rings. The summed E-state index contributed by atoms with van der Waals surface area (Å²) in [7, 11) is 0. The highest BCUT2D eigenvalue weighted by Crippen LogP contribution is 2.14. The second kappa shape index (κ2) is 4.35. The molecular weight excluding hydrogens is 186 g/mol. The Balaban J connectivity index is 2.89. The highest BCUT2D eigenvalue weighted by Gasteiger charge is 1.96. The lowest BCUT2D eigenvalue weighted by atomic mass is 10.3. The standard InChI is InChI=1S/C9H6ClN3/c10-9-8(12)5-4-7(13-9)3-1-2-6-11/h4-5H,2,12H2.